The van der Waals surface area contributed by atoms with Crippen molar-refractivity contribution in [2.75, 3.05) is 12.8 Å². The fraction of sp³-hybridized carbons (Fsp3) is 0.500. The van der Waals surface area contributed by atoms with Gasteiger partial charge in [0.15, 0.2) is 0 Å². The van der Waals surface area contributed by atoms with Gasteiger partial charge in [-0.2, -0.15) is 11.8 Å². The summed E-state index contributed by atoms with van der Waals surface area (Å²) in [7, 11) is 0. The predicted molar refractivity (Wildman–Crippen MR) is 69.0 cm³/mol. The van der Waals surface area contributed by atoms with E-state index in [-0.39, 0.29) is 16.6 Å². The molecule has 1 rings (SSSR count). The topological polar surface area (TPSA) is 79.3 Å². The molecule has 0 aromatic carbocycles. The van der Waals surface area contributed by atoms with Crippen LogP contribution in [0.2, 0.25) is 0 Å². The van der Waals surface area contributed by atoms with Gasteiger partial charge in [0.05, 0.1) is 0 Å². The Bertz CT molecular complexity index is 406. The normalized spacial score (nSPS) is 12.1. The lowest BCUT2D eigenvalue weighted by Gasteiger charge is -2.07. The number of aromatic nitrogens is 1. The third-order valence-corrected chi connectivity index (χ3v) is 4.03. The number of carboxylic acids is 1. The van der Waals surface area contributed by atoms with Gasteiger partial charge in [-0.3, -0.25) is 4.79 Å². The summed E-state index contributed by atoms with van der Waals surface area (Å²) in [6.07, 6.45) is 2.90. The summed E-state index contributed by atoms with van der Waals surface area (Å²) >= 11 is 2.69. The molecule has 1 aromatic rings. The second kappa shape index (κ2) is 6.61. The molecule has 7 heteroatoms. The van der Waals surface area contributed by atoms with Crippen LogP contribution in [0.4, 0.5) is 0 Å². The molecule has 0 aliphatic rings. The van der Waals surface area contributed by atoms with Gasteiger partial charge in [-0.15, -0.1) is 11.3 Å². The zero-order chi connectivity index (χ0) is 12.8. The Labute approximate surface area is 108 Å². The smallest absolute Gasteiger partial charge is 0.365 e. The van der Waals surface area contributed by atoms with Crippen LogP contribution in [0.5, 0.6) is 0 Å². The monoisotopic (exact) mass is 274 g/mol. The van der Waals surface area contributed by atoms with Gasteiger partial charge in [0, 0.05) is 17.2 Å². The minimum Gasteiger partial charge on any atom is -0.476 e. The molecule has 0 fully saturated rings. The van der Waals surface area contributed by atoms with Crippen LogP contribution in [-0.4, -0.2) is 40.0 Å². The van der Waals surface area contributed by atoms with Crippen LogP contribution in [0, 0.1) is 0 Å². The van der Waals surface area contributed by atoms with Crippen molar-refractivity contribution in [2.24, 2.45) is 0 Å². The van der Waals surface area contributed by atoms with Crippen LogP contribution in [-0.2, 0) is 0 Å². The number of carboxylic acid groups (broad SMARTS) is 1. The van der Waals surface area contributed by atoms with Gasteiger partial charge in [-0.1, -0.05) is 6.92 Å². The largest absolute Gasteiger partial charge is 0.476 e. The van der Waals surface area contributed by atoms with Crippen molar-refractivity contribution < 1.29 is 14.7 Å². The van der Waals surface area contributed by atoms with E-state index < -0.39 is 5.97 Å². The molecule has 5 nitrogen and oxygen atoms in total. The average Bonchev–Trinajstić information content (AvgIpc) is 2.78. The average molecular weight is 274 g/mol. The van der Waals surface area contributed by atoms with Gasteiger partial charge < -0.3 is 10.4 Å². The number of amides is 1. The SMILES string of the molecule is CSC(C)CCNC(=O)c1csc(C(=O)O)n1. The number of carbonyl (C=O) groups excluding carboxylic acids is 1. The lowest BCUT2D eigenvalue weighted by Crippen LogP contribution is -2.26. The number of rotatable bonds is 6. The van der Waals surface area contributed by atoms with E-state index in [1.54, 1.807) is 11.8 Å². The van der Waals surface area contributed by atoms with Crippen molar-refractivity contribution in [1.29, 1.82) is 0 Å². The van der Waals surface area contributed by atoms with Crippen molar-refractivity contribution in [3.05, 3.63) is 16.1 Å². The maximum atomic E-state index is 11.6. The number of nitrogens with zero attached hydrogens (tertiary/aromatic N) is 1. The van der Waals surface area contributed by atoms with E-state index in [2.05, 4.69) is 17.2 Å². The summed E-state index contributed by atoms with van der Waals surface area (Å²) in [6.45, 7) is 2.66. The third-order valence-electron chi connectivity index (χ3n) is 2.16. The number of thiazole rings is 1. The zero-order valence-corrected chi connectivity index (χ0v) is 11.2. The first-order valence-corrected chi connectivity index (χ1v) is 7.21. The van der Waals surface area contributed by atoms with Gasteiger partial charge >= 0.3 is 5.97 Å². The van der Waals surface area contributed by atoms with Crippen molar-refractivity contribution >= 4 is 35.0 Å². The van der Waals surface area contributed by atoms with E-state index in [1.165, 1.54) is 5.38 Å². The lowest BCUT2D eigenvalue weighted by atomic mass is 10.3. The molecule has 0 spiro atoms. The Morgan fingerprint density at radius 1 is 1.65 bits per heavy atom. The first-order valence-electron chi connectivity index (χ1n) is 5.04. The number of aromatic carboxylic acids is 1. The summed E-state index contributed by atoms with van der Waals surface area (Å²) in [5.74, 6) is -1.42. The fourth-order valence-electron chi connectivity index (χ4n) is 1.07. The number of carbonyl (C=O) groups is 2. The molecule has 1 heterocycles. The van der Waals surface area contributed by atoms with Crippen LogP contribution in [0.3, 0.4) is 0 Å². The van der Waals surface area contributed by atoms with Crippen molar-refractivity contribution in [3.8, 4) is 0 Å². The number of hydrogen-bond donors (Lipinski definition) is 2. The number of thioether (sulfide) groups is 1. The maximum Gasteiger partial charge on any atom is 0.365 e. The maximum absolute atomic E-state index is 11.6. The predicted octanol–water partition coefficient (Wildman–Crippen LogP) is 1.71. The summed E-state index contributed by atoms with van der Waals surface area (Å²) in [5, 5.41) is 13.3. The Morgan fingerprint density at radius 3 is 2.88 bits per heavy atom. The molecular formula is C10H14N2O3S2. The molecule has 1 aromatic heterocycles. The van der Waals surface area contributed by atoms with Gasteiger partial charge in [0.1, 0.15) is 5.69 Å². The van der Waals surface area contributed by atoms with E-state index in [9.17, 15) is 9.59 Å². The highest BCUT2D eigenvalue weighted by Crippen LogP contribution is 2.10. The zero-order valence-electron chi connectivity index (χ0n) is 9.60. The Hall–Kier alpha value is -1.08. The van der Waals surface area contributed by atoms with Gasteiger partial charge in [-0.25, -0.2) is 9.78 Å². The molecule has 0 saturated heterocycles. The molecular weight excluding hydrogens is 260 g/mol. The fourth-order valence-corrected chi connectivity index (χ4v) is 2.06. The van der Waals surface area contributed by atoms with Crippen LogP contribution < -0.4 is 5.32 Å². The highest BCUT2D eigenvalue weighted by Gasteiger charge is 2.14. The summed E-state index contributed by atoms with van der Waals surface area (Å²) < 4.78 is 0. The van der Waals surface area contributed by atoms with Crippen molar-refractivity contribution in [2.45, 2.75) is 18.6 Å². The minimum absolute atomic E-state index is 0.0624. The van der Waals surface area contributed by atoms with Crippen molar-refractivity contribution in [3.63, 3.8) is 0 Å². The summed E-state index contributed by atoms with van der Waals surface area (Å²) in [5.41, 5.74) is 0.171. The molecule has 17 heavy (non-hydrogen) atoms. The summed E-state index contributed by atoms with van der Waals surface area (Å²) in [4.78, 5) is 25.9. The molecule has 94 valence electrons. The van der Waals surface area contributed by atoms with Gasteiger partial charge in [-0.05, 0) is 12.7 Å². The van der Waals surface area contributed by atoms with Gasteiger partial charge in [0.2, 0.25) is 5.01 Å². The van der Waals surface area contributed by atoms with Crippen LogP contribution in [0.1, 0.15) is 33.6 Å². The molecule has 0 radical (unpaired) electrons. The van der Waals surface area contributed by atoms with Crippen LogP contribution in [0.25, 0.3) is 0 Å². The summed E-state index contributed by atoms with van der Waals surface area (Å²) in [6, 6.07) is 0. The second-order valence-electron chi connectivity index (χ2n) is 3.43. The molecule has 0 aliphatic carbocycles. The van der Waals surface area contributed by atoms with Gasteiger partial charge in [0.25, 0.3) is 5.91 Å². The molecule has 1 unspecified atom stereocenters. The lowest BCUT2D eigenvalue weighted by molar-refractivity contribution is 0.0696. The Morgan fingerprint density at radius 2 is 2.35 bits per heavy atom. The minimum atomic E-state index is -1.11. The van der Waals surface area contributed by atoms with E-state index in [1.807, 2.05) is 6.26 Å². The number of hydrogen-bond acceptors (Lipinski definition) is 5. The van der Waals surface area contributed by atoms with Crippen LogP contribution >= 0.6 is 23.1 Å². The Balaban J connectivity index is 2.44. The van der Waals surface area contributed by atoms with E-state index in [0.29, 0.717) is 11.8 Å². The molecule has 0 bridgehead atoms. The Kier molecular flexibility index (Phi) is 5.43. The van der Waals surface area contributed by atoms with Crippen molar-refractivity contribution in [1.82, 2.24) is 10.3 Å². The second-order valence-corrected chi connectivity index (χ2v) is 5.57. The molecule has 1 amide bonds. The third kappa shape index (κ3) is 4.35. The highest BCUT2D eigenvalue weighted by atomic mass is 32.2. The van der Waals surface area contributed by atoms with E-state index in [0.717, 1.165) is 17.8 Å². The number of nitrogens with one attached hydrogen (secondary N) is 1. The quantitative estimate of drug-likeness (QED) is 0.825. The van der Waals surface area contributed by atoms with E-state index in [4.69, 9.17) is 5.11 Å². The van der Waals surface area contributed by atoms with Crippen LogP contribution in [0.15, 0.2) is 5.38 Å². The first kappa shape index (κ1) is 14.0. The first-order chi connectivity index (χ1) is 8.04. The standard InChI is InChI=1S/C10H14N2O3S2/c1-6(16-2)3-4-11-8(13)7-5-17-9(12-7)10(14)15/h5-6H,3-4H2,1-2H3,(H,11,13)(H,14,15). The van der Waals surface area contributed by atoms with E-state index >= 15 is 0 Å². The molecule has 0 aliphatic heterocycles. The highest BCUT2D eigenvalue weighted by molar-refractivity contribution is 7.99. The molecule has 1 atom stereocenters. The molecule has 2 N–H and O–H groups in total. The molecule has 0 saturated carbocycles.